The Bertz CT molecular complexity index is 634. The molecule has 0 spiro atoms. The first-order chi connectivity index (χ1) is 15.1. The standard InChI is InChI=1S/C14H13.C13H26.2C2H6.H2O.HO.H2.H/c1-12-6-5-9-14(11-10-12)13-7-3-2-4-8-13;1-11(2)9-10-12(3)13-7-5-4-6-8-13;2*1-2;;;;/h2-11H,1H3;11-13H,4-10H2,1-3H3;2*1-2H3;1H2;2*1H;. The van der Waals surface area contributed by atoms with Gasteiger partial charge in [-0.15, -0.1) is 0 Å². The summed E-state index contributed by atoms with van der Waals surface area (Å²) < 4.78 is 0. The zero-order chi connectivity index (χ0) is 23.5. The molecule has 3 N–H and O–H groups in total. The van der Waals surface area contributed by atoms with Crippen molar-refractivity contribution in [1.29, 1.82) is 0 Å². The van der Waals surface area contributed by atoms with Crippen molar-refractivity contribution in [2.24, 2.45) is 17.8 Å². The van der Waals surface area contributed by atoms with Crippen molar-refractivity contribution in [2.45, 2.75) is 100 Å². The molecule has 3 aliphatic rings. The van der Waals surface area contributed by atoms with Crippen molar-refractivity contribution in [3.8, 4) is 0 Å². The second-order valence-corrected chi connectivity index (χ2v) is 8.77. The summed E-state index contributed by atoms with van der Waals surface area (Å²) in [4.78, 5) is 0. The third kappa shape index (κ3) is 16.6. The summed E-state index contributed by atoms with van der Waals surface area (Å²) in [6, 6.07) is 0. The molecule has 0 heterocycles. The van der Waals surface area contributed by atoms with E-state index in [0.29, 0.717) is 0 Å². The molecule has 193 valence electrons. The average molecular weight is 462 g/mol. The molecule has 0 saturated heterocycles. The predicted molar refractivity (Wildman–Crippen MR) is 153 cm³/mol. The molecule has 2 heteroatoms. The van der Waals surface area contributed by atoms with Crippen molar-refractivity contribution in [3.63, 3.8) is 0 Å². The van der Waals surface area contributed by atoms with E-state index in [2.05, 4.69) is 82.7 Å². The van der Waals surface area contributed by atoms with Gasteiger partial charge in [-0.05, 0) is 35.8 Å². The first kappa shape index (κ1) is 35.9. The minimum atomic E-state index is 0. The van der Waals surface area contributed by atoms with Crippen LogP contribution >= 0.6 is 0 Å². The van der Waals surface area contributed by atoms with Crippen LogP contribution in [0.5, 0.6) is 0 Å². The highest BCUT2D eigenvalue weighted by molar-refractivity contribution is 5.52. The smallest absolute Gasteiger partial charge is 0.0131 e. The summed E-state index contributed by atoms with van der Waals surface area (Å²) in [5.74, 6) is 2.95. The summed E-state index contributed by atoms with van der Waals surface area (Å²) in [5, 5.41) is 0. The number of hydrogen-bond donors (Lipinski definition) is 1. The van der Waals surface area contributed by atoms with Crippen LogP contribution < -0.4 is 0 Å². The third-order valence-corrected chi connectivity index (χ3v) is 5.92. The fourth-order valence-electron chi connectivity index (χ4n) is 3.99. The molecular weight excluding hydrogens is 404 g/mol. The molecule has 1 atom stereocenters. The van der Waals surface area contributed by atoms with E-state index >= 15 is 0 Å². The molecule has 0 aromatic carbocycles. The van der Waals surface area contributed by atoms with E-state index in [1.54, 1.807) is 0 Å². The summed E-state index contributed by atoms with van der Waals surface area (Å²) in [5.41, 5.74) is 3.81. The molecule has 2 nitrogen and oxygen atoms in total. The normalized spacial score (nSPS) is 19.7. The van der Waals surface area contributed by atoms with Gasteiger partial charge >= 0.3 is 0 Å². The summed E-state index contributed by atoms with van der Waals surface area (Å²) in [6.45, 7) is 17.3. The number of rotatable bonds is 4. The Morgan fingerprint density at radius 1 is 0.788 bits per heavy atom. The van der Waals surface area contributed by atoms with Crippen LogP contribution in [0.1, 0.15) is 103 Å². The lowest BCUT2D eigenvalue weighted by molar-refractivity contribution is 0.242. The summed E-state index contributed by atoms with van der Waals surface area (Å²) in [6.07, 6.45) is 31.5. The Kier molecular flexibility index (Phi) is 25.6. The largest absolute Gasteiger partial charge is 0.412 e. The van der Waals surface area contributed by atoms with Crippen molar-refractivity contribution in [2.75, 3.05) is 0 Å². The van der Waals surface area contributed by atoms with Crippen molar-refractivity contribution in [1.82, 2.24) is 0 Å². The molecule has 0 aromatic heterocycles. The van der Waals surface area contributed by atoms with Gasteiger partial charge in [-0.3, -0.25) is 5.48 Å². The van der Waals surface area contributed by atoms with Crippen LogP contribution in [-0.2, 0) is 0 Å². The van der Waals surface area contributed by atoms with Crippen LogP contribution in [0.3, 0.4) is 0 Å². The van der Waals surface area contributed by atoms with E-state index in [9.17, 15) is 0 Å². The van der Waals surface area contributed by atoms with Gasteiger partial charge in [-0.25, -0.2) is 0 Å². The van der Waals surface area contributed by atoms with E-state index in [-0.39, 0.29) is 13.8 Å². The van der Waals surface area contributed by atoms with Gasteiger partial charge in [0.05, 0.1) is 0 Å². The zero-order valence-electron chi connectivity index (χ0n) is 23.9. The lowest BCUT2D eigenvalue weighted by atomic mass is 9.78. The second-order valence-electron chi connectivity index (χ2n) is 8.77. The van der Waals surface area contributed by atoms with E-state index in [1.165, 1.54) is 61.7 Å². The predicted octanol–water partition coefficient (Wildman–Crippen LogP) is 9.73. The van der Waals surface area contributed by atoms with Gasteiger partial charge in [0.2, 0.25) is 0 Å². The Balaban J connectivity index is -0.000000137. The first-order valence-corrected chi connectivity index (χ1v) is 13.0. The molecule has 1 unspecified atom stereocenters. The van der Waals surface area contributed by atoms with Crippen molar-refractivity contribution in [3.05, 3.63) is 77.8 Å². The highest BCUT2D eigenvalue weighted by Gasteiger charge is 2.19. The number of allylic oxidation sites excluding steroid dienone is 12. The van der Waals surface area contributed by atoms with E-state index in [1.807, 2.05) is 33.8 Å². The highest BCUT2D eigenvalue weighted by atomic mass is 16.0. The molecule has 33 heavy (non-hydrogen) atoms. The van der Waals surface area contributed by atoms with E-state index < -0.39 is 0 Å². The maximum absolute atomic E-state index is 2.47. The maximum Gasteiger partial charge on any atom is 0.0131 e. The maximum atomic E-state index is 2.47. The third-order valence-electron chi connectivity index (χ3n) is 5.92. The minimum absolute atomic E-state index is 0. The van der Waals surface area contributed by atoms with Crippen LogP contribution in [0.15, 0.2) is 71.4 Å². The van der Waals surface area contributed by atoms with E-state index in [0.717, 1.165) is 17.8 Å². The second kappa shape index (κ2) is 23.5. The van der Waals surface area contributed by atoms with Crippen molar-refractivity contribution < 1.29 is 13.8 Å². The molecule has 0 amide bonds. The Labute approximate surface area is 209 Å². The molecule has 3 radical (unpaired) electrons. The zero-order valence-corrected chi connectivity index (χ0v) is 22.9. The Morgan fingerprint density at radius 3 is 1.94 bits per heavy atom. The van der Waals surface area contributed by atoms with Gasteiger partial charge in [-0.2, -0.15) is 0 Å². The fraction of sp³-hybridized carbons (Fsp3) is 0.581. The van der Waals surface area contributed by atoms with Gasteiger partial charge in [0.1, 0.15) is 0 Å². The van der Waals surface area contributed by atoms with E-state index in [4.69, 9.17) is 0 Å². The van der Waals surface area contributed by atoms with Crippen molar-refractivity contribution >= 4 is 0 Å². The molecule has 3 rings (SSSR count). The Hall–Kier alpha value is -1.64. The molecule has 0 bridgehead atoms. The molecule has 1 fully saturated rings. The van der Waals surface area contributed by atoms with Gasteiger partial charge in [0.25, 0.3) is 0 Å². The fourth-order valence-corrected chi connectivity index (χ4v) is 3.99. The summed E-state index contributed by atoms with van der Waals surface area (Å²) >= 11 is 0. The van der Waals surface area contributed by atoms with Gasteiger partial charge in [0, 0.05) is 9.27 Å². The van der Waals surface area contributed by atoms with Crippen LogP contribution in [-0.4, -0.2) is 11.0 Å². The van der Waals surface area contributed by atoms with Crippen LogP contribution in [0.25, 0.3) is 0 Å². The van der Waals surface area contributed by atoms with Crippen LogP contribution in [0, 0.1) is 24.2 Å². The van der Waals surface area contributed by atoms with Crippen LogP contribution in [0.4, 0.5) is 0 Å². The van der Waals surface area contributed by atoms with Gasteiger partial charge in [-0.1, -0.05) is 154 Å². The van der Waals surface area contributed by atoms with Crippen LogP contribution in [0.2, 0.25) is 0 Å². The quantitative estimate of drug-likeness (QED) is 0.433. The minimum Gasteiger partial charge on any atom is -0.412 e. The highest BCUT2D eigenvalue weighted by Crippen LogP contribution is 2.32. The SMILES string of the molecule is CC.CC.CC(C)CCC(C)C1CCCCC1.CC1=CC=C/C(=C2/[CH]C=CC=C2)C=C1.O.[HH].[H].[OH]. The molecular formula is C31H57O2. The first-order valence-electron chi connectivity index (χ1n) is 13.0. The topological polar surface area (TPSA) is 61.5 Å². The molecule has 0 aromatic rings. The van der Waals surface area contributed by atoms with Gasteiger partial charge in [0.15, 0.2) is 0 Å². The average Bonchev–Trinajstić information content (AvgIpc) is 3.06. The monoisotopic (exact) mass is 461 g/mol. The lowest BCUT2D eigenvalue weighted by Gasteiger charge is -2.28. The summed E-state index contributed by atoms with van der Waals surface area (Å²) in [7, 11) is 0. The molecule has 0 aliphatic heterocycles. The lowest BCUT2D eigenvalue weighted by Crippen LogP contribution is -2.15. The molecule has 3 aliphatic carbocycles. The van der Waals surface area contributed by atoms with Gasteiger partial charge < -0.3 is 5.48 Å². The molecule has 1 saturated carbocycles. The number of hydrogen-bond acceptors (Lipinski definition) is 0. The Morgan fingerprint density at radius 2 is 1.39 bits per heavy atom.